The molecule has 19 heavy (non-hydrogen) atoms. The van der Waals surface area contributed by atoms with Crippen molar-refractivity contribution in [3.63, 3.8) is 0 Å². The van der Waals surface area contributed by atoms with E-state index in [2.05, 4.69) is 39.8 Å². The maximum atomic E-state index is 4.49. The summed E-state index contributed by atoms with van der Waals surface area (Å²) in [6.45, 7) is 4.18. The van der Waals surface area contributed by atoms with Gasteiger partial charge in [-0.3, -0.25) is 0 Å². The molecule has 0 aliphatic carbocycles. The molecule has 0 amide bonds. The number of fused-ring (bicyclic) bond motifs is 1. The molecule has 1 atom stereocenters. The van der Waals surface area contributed by atoms with Crippen molar-refractivity contribution < 1.29 is 0 Å². The van der Waals surface area contributed by atoms with Gasteiger partial charge in [0.25, 0.3) is 0 Å². The van der Waals surface area contributed by atoms with Gasteiger partial charge in [0, 0.05) is 23.0 Å². The summed E-state index contributed by atoms with van der Waals surface area (Å²) in [5, 5.41) is 9.95. The van der Waals surface area contributed by atoms with E-state index in [1.807, 2.05) is 29.6 Å². The molecule has 0 radical (unpaired) electrons. The SMILES string of the molecule is Cc1cccc2nc(NC(C)Cc3cccs3)nn12. The number of nitrogens with one attached hydrogen (secondary N) is 1. The Kier molecular flexibility index (Phi) is 3.21. The van der Waals surface area contributed by atoms with Crippen LogP contribution < -0.4 is 5.32 Å². The summed E-state index contributed by atoms with van der Waals surface area (Å²) >= 11 is 1.78. The maximum absolute atomic E-state index is 4.49. The first-order chi connectivity index (χ1) is 9.22. The van der Waals surface area contributed by atoms with Crippen molar-refractivity contribution in [3.8, 4) is 0 Å². The molecule has 98 valence electrons. The second-order valence-corrected chi connectivity index (χ2v) is 5.73. The van der Waals surface area contributed by atoms with Gasteiger partial charge in [-0.1, -0.05) is 12.1 Å². The van der Waals surface area contributed by atoms with Crippen molar-refractivity contribution in [2.45, 2.75) is 26.3 Å². The number of hydrogen-bond acceptors (Lipinski definition) is 4. The van der Waals surface area contributed by atoms with Crippen molar-refractivity contribution in [1.29, 1.82) is 0 Å². The molecule has 3 heterocycles. The number of nitrogens with zero attached hydrogens (tertiary/aromatic N) is 3. The summed E-state index contributed by atoms with van der Waals surface area (Å²) in [4.78, 5) is 5.86. The van der Waals surface area contributed by atoms with Gasteiger partial charge in [0.15, 0.2) is 5.65 Å². The zero-order valence-electron chi connectivity index (χ0n) is 11.0. The van der Waals surface area contributed by atoms with Gasteiger partial charge in [0.1, 0.15) is 0 Å². The summed E-state index contributed by atoms with van der Waals surface area (Å²) < 4.78 is 1.86. The number of hydrogen-bond donors (Lipinski definition) is 1. The molecule has 0 saturated carbocycles. The smallest absolute Gasteiger partial charge is 0.243 e. The molecule has 3 aromatic heterocycles. The Balaban J connectivity index is 1.76. The van der Waals surface area contributed by atoms with Gasteiger partial charge >= 0.3 is 0 Å². The molecule has 4 nitrogen and oxygen atoms in total. The molecule has 0 fully saturated rings. The fraction of sp³-hybridized carbons (Fsp3) is 0.286. The number of aryl methyl sites for hydroxylation is 1. The standard InChI is InChI=1S/C14H16N4S/c1-10(9-12-6-4-8-19-12)15-14-16-13-7-3-5-11(2)18(13)17-14/h3-8,10H,9H2,1-2H3,(H,15,17). The van der Waals surface area contributed by atoms with E-state index in [0.29, 0.717) is 12.0 Å². The van der Waals surface area contributed by atoms with E-state index in [-0.39, 0.29) is 0 Å². The first-order valence-corrected chi connectivity index (χ1v) is 7.21. The first-order valence-electron chi connectivity index (χ1n) is 6.34. The van der Waals surface area contributed by atoms with Gasteiger partial charge in [0.2, 0.25) is 5.95 Å². The minimum atomic E-state index is 0.316. The fourth-order valence-corrected chi connectivity index (χ4v) is 2.93. The molecule has 0 aliphatic rings. The van der Waals surface area contributed by atoms with Crippen LogP contribution in [-0.2, 0) is 6.42 Å². The van der Waals surface area contributed by atoms with Crippen LogP contribution in [-0.4, -0.2) is 20.6 Å². The molecule has 0 bridgehead atoms. The lowest BCUT2D eigenvalue weighted by Gasteiger charge is -2.10. The highest BCUT2D eigenvalue weighted by Gasteiger charge is 2.09. The van der Waals surface area contributed by atoms with E-state index in [1.165, 1.54) is 4.88 Å². The molecular weight excluding hydrogens is 256 g/mol. The van der Waals surface area contributed by atoms with Crippen molar-refractivity contribution >= 4 is 22.9 Å². The fourth-order valence-electron chi connectivity index (χ4n) is 2.10. The highest BCUT2D eigenvalue weighted by atomic mass is 32.1. The molecular formula is C14H16N4S. The summed E-state index contributed by atoms with van der Waals surface area (Å²) in [6.07, 6.45) is 0.992. The zero-order valence-corrected chi connectivity index (χ0v) is 11.8. The number of thiophene rings is 1. The minimum absolute atomic E-state index is 0.316. The molecule has 3 rings (SSSR count). The van der Waals surface area contributed by atoms with Crippen molar-refractivity contribution in [3.05, 3.63) is 46.3 Å². The van der Waals surface area contributed by atoms with Crippen LogP contribution in [0.15, 0.2) is 35.7 Å². The Morgan fingerprint density at radius 3 is 2.95 bits per heavy atom. The lowest BCUT2D eigenvalue weighted by molar-refractivity contribution is 0.782. The summed E-state index contributed by atoms with van der Waals surface area (Å²) in [7, 11) is 0. The minimum Gasteiger partial charge on any atom is -0.350 e. The van der Waals surface area contributed by atoms with Crippen LogP contribution in [0.4, 0.5) is 5.95 Å². The van der Waals surface area contributed by atoms with Gasteiger partial charge in [-0.2, -0.15) is 4.98 Å². The van der Waals surface area contributed by atoms with Crippen molar-refractivity contribution in [1.82, 2.24) is 14.6 Å². The number of aromatic nitrogens is 3. The molecule has 0 saturated heterocycles. The van der Waals surface area contributed by atoms with E-state index < -0.39 is 0 Å². The average Bonchev–Trinajstić information content (AvgIpc) is 2.98. The average molecular weight is 272 g/mol. The molecule has 0 aliphatic heterocycles. The zero-order chi connectivity index (χ0) is 13.2. The topological polar surface area (TPSA) is 42.2 Å². The first kappa shape index (κ1) is 12.2. The molecule has 1 N–H and O–H groups in total. The van der Waals surface area contributed by atoms with Gasteiger partial charge in [0.05, 0.1) is 0 Å². The molecule has 3 aromatic rings. The highest BCUT2D eigenvalue weighted by Crippen LogP contribution is 2.14. The second kappa shape index (κ2) is 5.01. The lowest BCUT2D eigenvalue weighted by Crippen LogP contribution is -2.18. The third-order valence-corrected chi connectivity index (χ3v) is 3.91. The van der Waals surface area contributed by atoms with E-state index in [0.717, 1.165) is 17.8 Å². The van der Waals surface area contributed by atoms with Crippen LogP contribution in [0.25, 0.3) is 5.65 Å². The highest BCUT2D eigenvalue weighted by molar-refractivity contribution is 7.09. The van der Waals surface area contributed by atoms with Crippen LogP contribution in [0, 0.1) is 6.92 Å². The van der Waals surface area contributed by atoms with Crippen LogP contribution in [0.5, 0.6) is 0 Å². The molecule has 1 unspecified atom stereocenters. The quantitative estimate of drug-likeness (QED) is 0.793. The molecule has 5 heteroatoms. The molecule has 0 spiro atoms. The Bertz CT molecular complexity index is 672. The third-order valence-electron chi connectivity index (χ3n) is 3.01. The van der Waals surface area contributed by atoms with Crippen LogP contribution in [0.3, 0.4) is 0 Å². The van der Waals surface area contributed by atoms with Crippen LogP contribution >= 0.6 is 11.3 Å². The summed E-state index contributed by atoms with van der Waals surface area (Å²) in [5.74, 6) is 0.693. The summed E-state index contributed by atoms with van der Waals surface area (Å²) in [5.41, 5.74) is 1.97. The van der Waals surface area contributed by atoms with Crippen LogP contribution in [0.1, 0.15) is 17.5 Å². The Labute approximate surface area is 116 Å². The van der Waals surface area contributed by atoms with Crippen molar-refractivity contribution in [2.24, 2.45) is 0 Å². The largest absolute Gasteiger partial charge is 0.350 e. The predicted octanol–water partition coefficient (Wildman–Crippen LogP) is 3.14. The maximum Gasteiger partial charge on any atom is 0.243 e. The van der Waals surface area contributed by atoms with Gasteiger partial charge < -0.3 is 5.32 Å². The number of anilines is 1. The monoisotopic (exact) mass is 272 g/mol. The van der Waals surface area contributed by atoms with E-state index >= 15 is 0 Å². The molecule has 0 aromatic carbocycles. The Morgan fingerprint density at radius 1 is 1.32 bits per heavy atom. The van der Waals surface area contributed by atoms with E-state index in [9.17, 15) is 0 Å². The van der Waals surface area contributed by atoms with Gasteiger partial charge in [-0.15, -0.1) is 16.4 Å². The summed E-state index contributed by atoms with van der Waals surface area (Å²) in [6, 6.07) is 10.5. The lowest BCUT2D eigenvalue weighted by atomic mass is 10.2. The Morgan fingerprint density at radius 2 is 2.21 bits per heavy atom. The number of rotatable bonds is 4. The van der Waals surface area contributed by atoms with Crippen molar-refractivity contribution in [2.75, 3.05) is 5.32 Å². The second-order valence-electron chi connectivity index (χ2n) is 4.70. The van der Waals surface area contributed by atoms with Gasteiger partial charge in [-0.05, 0) is 37.4 Å². The number of pyridine rings is 1. The Hall–Kier alpha value is -1.88. The van der Waals surface area contributed by atoms with Crippen LogP contribution in [0.2, 0.25) is 0 Å². The third kappa shape index (κ3) is 2.61. The van der Waals surface area contributed by atoms with E-state index in [4.69, 9.17) is 0 Å². The van der Waals surface area contributed by atoms with E-state index in [1.54, 1.807) is 11.3 Å². The van der Waals surface area contributed by atoms with Gasteiger partial charge in [-0.25, -0.2) is 4.52 Å². The predicted molar refractivity (Wildman–Crippen MR) is 78.8 cm³/mol. The normalized spacial score (nSPS) is 12.7.